The fourth-order valence-electron chi connectivity index (χ4n) is 1.10. The number of halogens is 1. The molecule has 1 N–H and O–H groups in total. The fraction of sp³-hybridized carbons (Fsp3) is 0.500. The van der Waals surface area contributed by atoms with E-state index in [0.717, 1.165) is 10.9 Å². The second-order valence-corrected chi connectivity index (χ2v) is 6.48. The van der Waals surface area contributed by atoms with Crippen LogP contribution in [0.4, 0.5) is 0 Å². The third-order valence-electron chi connectivity index (χ3n) is 1.88. The average molecular weight is 244 g/mol. The van der Waals surface area contributed by atoms with Gasteiger partial charge in [-0.1, -0.05) is 17.2 Å². The molecule has 1 aromatic rings. The van der Waals surface area contributed by atoms with E-state index in [9.17, 15) is 0 Å². The van der Waals surface area contributed by atoms with Gasteiger partial charge in [0, 0.05) is 17.0 Å². The van der Waals surface area contributed by atoms with E-state index in [4.69, 9.17) is 11.6 Å². The predicted molar refractivity (Wildman–Crippen MR) is 70.7 cm³/mol. The number of hydrogen-bond donors (Lipinski definition) is 1. The van der Waals surface area contributed by atoms with Crippen LogP contribution in [0.1, 0.15) is 32.6 Å². The Morgan fingerprint density at radius 3 is 2.60 bits per heavy atom. The number of thiophene rings is 1. The minimum atomic E-state index is 0.169. The molecule has 0 saturated carbocycles. The summed E-state index contributed by atoms with van der Waals surface area (Å²) in [6, 6.07) is 3.98. The number of hydrogen-bond acceptors (Lipinski definition) is 2. The Hall–Kier alpha value is -0.310. The molecule has 15 heavy (non-hydrogen) atoms. The summed E-state index contributed by atoms with van der Waals surface area (Å²) < 4.78 is 0.845. The van der Waals surface area contributed by atoms with Gasteiger partial charge in [0.2, 0.25) is 0 Å². The van der Waals surface area contributed by atoms with Crippen molar-refractivity contribution in [3.63, 3.8) is 0 Å². The smallest absolute Gasteiger partial charge is 0.0934 e. The van der Waals surface area contributed by atoms with E-state index in [1.54, 1.807) is 11.3 Å². The molecule has 0 aromatic carbocycles. The molecule has 0 fully saturated rings. The highest BCUT2D eigenvalue weighted by atomic mass is 35.5. The van der Waals surface area contributed by atoms with Crippen molar-refractivity contribution in [2.24, 2.45) is 0 Å². The summed E-state index contributed by atoms with van der Waals surface area (Å²) in [5, 5.41) is 3.45. The molecule has 1 aromatic heterocycles. The zero-order valence-electron chi connectivity index (χ0n) is 9.73. The second-order valence-electron chi connectivity index (χ2n) is 4.74. The summed E-state index contributed by atoms with van der Waals surface area (Å²) in [5.41, 5.74) is 1.49. The Morgan fingerprint density at radius 1 is 1.47 bits per heavy atom. The Morgan fingerprint density at radius 2 is 2.13 bits per heavy atom. The van der Waals surface area contributed by atoms with Gasteiger partial charge in [0.1, 0.15) is 0 Å². The fourth-order valence-corrected chi connectivity index (χ4v) is 2.19. The predicted octanol–water partition coefficient (Wildman–Crippen LogP) is 4.19. The van der Waals surface area contributed by atoms with Crippen molar-refractivity contribution >= 4 is 29.0 Å². The maximum atomic E-state index is 5.87. The van der Waals surface area contributed by atoms with Crippen molar-refractivity contribution in [2.45, 2.75) is 33.2 Å². The van der Waals surface area contributed by atoms with Crippen LogP contribution in [0.3, 0.4) is 0 Å². The lowest BCUT2D eigenvalue weighted by Gasteiger charge is -2.20. The van der Waals surface area contributed by atoms with E-state index in [0.29, 0.717) is 0 Å². The van der Waals surface area contributed by atoms with Crippen molar-refractivity contribution in [2.75, 3.05) is 6.54 Å². The first-order valence-corrected chi connectivity index (χ1v) is 6.24. The van der Waals surface area contributed by atoms with Crippen LogP contribution in [-0.2, 0) is 0 Å². The van der Waals surface area contributed by atoms with E-state index < -0.39 is 0 Å². The highest BCUT2D eigenvalue weighted by molar-refractivity contribution is 7.17. The number of nitrogens with one attached hydrogen (secondary N) is 1. The first-order valence-electron chi connectivity index (χ1n) is 5.04. The van der Waals surface area contributed by atoms with Crippen LogP contribution in [0.5, 0.6) is 0 Å². The Bertz CT molecular complexity index is 347. The lowest BCUT2D eigenvalue weighted by Crippen LogP contribution is -2.36. The molecule has 0 saturated heterocycles. The Balaban J connectivity index is 2.53. The minimum Gasteiger partial charge on any atom is -0.308 e. The van der Waals surface area contributed by atoms with Gasteiger partial charge < -0.3 is 5.32 Å². The lowest BCUT2D eigenvalue weighted by atomic mass is 10.1. The van der Waals surface area contributed by atoms with Gasteiger partial charge >= 0.3 is 0 Å². The van der Waals surface area contributed by atoms with E-state index in [1.165, 1.54) is 10.5 Å². The molecule has 0 bridgehead atoms. The van der Waals surface area contributed by atoms with Crippen LogP contribution < -0.4 is 5.32 Å². The van der Waals surface area contributed by atoms with Crippen LogP contribution in [0.15, 0.2) is 17.7 Å². The summed E-state index contributed by atoms with van der Waals surface area (Å²) in [7, 11) is 0. The van der Waals surface area contributed by atoms with E-state index in [1.807, 2.05) is 12.1 Å². The maximum absolute atomic E-state index is 5.87. The summed E-state index contributed by atoms with van der Waals surface area (Å²) in [6.45, 7) is 9.55. The molecular weight excluding hydrogens is 226 g/mol. The van der Waals surface area contributed by atoms with Crippen molar-refractivity contribution < 1.29 is 0 Å². The normalized spacial score (nSPS) is 13.3. The van der Waals surface area contributed by atoms with Gasteiger partial charge in [0.15, 0.2) is 0 Å². The molecule has 3 heteroatoms. The van der Waals surface area contributed by atoms with Crippen molar-refractivity contribution in [3.05, 3.63) is 26.9 Å². The maximum Gasteiger partial charge on any atom is 0.0934 e. The van der Waals surface area contributed by atoms with Gasteiger partial charge in [-0.15, -0.1) is 11.3 Å². The molecule has 0 amide bonds. The Labute approximate surface area is 101 Å². The van der Waals surface area contributed by atoms with Crippen LogP contribution in [-0.4, -0.2) is 12.1 Å². The SMILES string of the molecule is CC(=Cc1ccc(Cl)s1)CNC(C)(C)C. The van der Waals surface area contributed by atoms with Gasteiger partial charge in [0.05, 0.1) is 4.34 Å². The summed E-state index contributed by atoms with van der Waals surface area (Å²) in [4.78, 5) is 1.22. The van der Waals surface area contributed by atoms with E-state index in [2.05, 4.69) is 39.1 Å². The number of rotatable bonds is 3. The van der Waals surface area contributed by atoms with Gasteiger partial charge in [-0.05, 0) is 45.9 Å². The summed E-state index contributed by atoms with van der Waals surface area (Å²) in [6.07, 6.45) is 2.18. The average Bonchev–Trinajstić information content (AvgIpc) is 2.47. The van der Waals surface area contributed by atoms with E-state index >= 15 is 0 Å². The van der Waals surface area contributed by atoms with E-state index in [-0.39, 0.29) is 5.54 Å². The van der Waals surface area contributed by atoms with Crippen molar-refractivity contribution in [1.82, 2.24) is 5.32 Å². The minimum absolute atomic E-state index is 0.169. The van der Waals surface area contributed by atoms with Crippen molar-refractivity contribution in [1.29, 1.82) is 0 Å². The molecule has 1 rings (SSSR count). The molecule has 0 unspecified atom stereocenters. The molecule has 0 aliphatic heterocycles. The van der Waals surface area contributed by atoms with Gasteiger partial charge in [-0.25, -0.2) is 0 Å². The summed E-state index contributed by atoms with van der Waals surface area (Å²) in [5.74, 6) is 0. The Kier molecular flexibility index (Phi) is 4.38. The lowest BCUT2D eigenvalue weighted by molar-refractivity contribution is 0.445. The second kappa shape index (κ2) is 5.15. The van der Waals surface area contributed by atoms with Crippen molar-refractivity contribution in [3.8, 4) is 0 Å². The van der Waals surface area contributed by atoms with Gasteiger partial charge in [0.25, 0.3) is 0 Å². The molecule has 84 valence electrons. The van der Waals surface area contributed by atoms with Crippen LogP contribution in [0.25, 0.3) is 6.08 Å². The molecule has 0 aliphatic rings. The highest BCUT2D eigenvalue weighted by Gasteiger charge is 2.07. The molecule has 0 spiro atoms. The van der Waals surface area contributed by atoms with Crippen LogP contribution >= 0.6 is 22.9 Å². The molecular formula is C12H18ClNS. The molecule has 0 atom stereocenters. The molecule has 1 heterocycles. The van der Waals surface area contributed by atoms with Crippen LogP contribution in [0.2, 0.25) is 4.34 Å². The zero-order chi connectivity index (χ0) is 11.5. The summed E-state index contributed by atoms with van der Waals surface area (Å²) >= 11 is 7.48. The monoisotopic (exact) mass is 243 g/mol. The van der Waals surface area contributed by atoms with Gasteiger partial charge in [-0.3, -0.25) is 0 Å². The zero-order valence-corrected chi connectivity index (χ0v) is 11.3. The first-order chi connectivity index (χ1) is 6.87. The first kappa shape index (κ1) is 12.8. The topological polar surface area (TPSA) is 12.0 Å². The molecule has 0 radical (unpaired) electrons. The largest absolute Gasteiger partial charge is 0.308 e. The van der Waals surface area contributed by atoms with Crippen LogP contribution in [0, 0.1) is 0 Å². The molecule has 0 aliphatic carbocycles. The molecule has 1 nitrogen and oxygen atoms in total. The quantitative estimate of drug-likeness (QED) is 0.839. The standard InChI is InChI=1S/C12H18ClNS/c1-9(8-14-12(2,3)4)7-10-5-6-11(13)15-10/h5-7,14H,8H2,1-4H3. The third kappa shape index (κ3) is 5.36. The highest BCUT2D eigenvalue weighted by Crippen LogP contribution is 2.23. The third-order valence-corrected chi connectivity index (χ3v) is 3.06. The van der Waals surface area contributed by atoms with Gasteiger partial charge in [-0.2, -0.15) is 0 Å².